The number of hydrogen-bond donors (Lipinski definition) is 1. The van der Waals surface area contributed by atoms with Gasteiger partial charge in [-0.25, -0.2) is 18.1 Å². The Bertz CT molecular complexity index is 1110. The summed E-state index contributed by atoms with van der Waals surface area (Å²) in [6.45, 7) is 9.40. The summed E-state index contributed by atoms with van der Waals surface area (Å²) in [5.74, 6) is 0. The van der Waals surface area contributed by atoms with Crippen LogP contribution in [0.4, 0.5) is 0 Å². The van der Waals surface area contributed by atoms with Crippen LogP contribution in [0.5, 0.6) is 0 Å². The normalized spacial score (nSPS) is 12.2. The van der Waals surface area contributed by atoms with E-state index in [0.717, 1.165) is 36.3 Å². The second kappa shape index (κ2) is 9.68. The van der Waals surface area contributed by atoms with Gasteiger partial charge in [0, 0.05) is 31.7 Å². The van der Waals surface area contributed by atoms with Crippen LogP contribution < -0.4 is 4.72 Å². The number of aryl methyl sites for hydroxylation is 2. The lowest BCUT2D eigenvalue weighted by molar-refractivity contribution is 0.275. The molecule has 0 unspecified atom stereocenters. The number of sulfonamides is 1. The summed E-state index contributed by atoms with van der Waals surface area (Å²) in [7, 11) is -1.87. The molecule has 2 aromatic heterocycles. The van der Waals surface area contributed by atoms with Crippen molar-refractivity contribution in [1.82, 2.24) is 24.4 Å². The molecule has 0 aliphatic carbocycles. The minimum absolute atomic E-state index is 0.152. The maximum absolute atomic E-state index is 12.8. The van der Waals surface area contributed by atoms with E-state index < -0.39 is 10.0 Å². The quantitative estimate of drug-likeness (QED) is 0.534. The molecule has 0 saturated heterocycles. The second-order valence-corrected chi connectivity index (χ2v) is 9.38. The Balaban J connectivity index is 1.71. The second-order valence-electron chi connectivity index (χ2n) is 7.62. The molecule has 7 nitrogen and oxygen atoms in total. The van der Waals surface area contributed by atoms with E-state index in [0.29, 0.717) is 5.65 Å². The van der Waals surface area contributed by atoms with Gasteiger partial charge in [0.25, 0.3) is 0 Å². The van der Waals surface area contributed by atoms with Crippen molar-refractivity contribution in [1.29, 1.82) is 0 Å². The number of fused-ring (bicyclic) bond motifs is 1. The van der Waals surface area contributed by atoms with Crippen LogP contribution in [0.15, 0.2) is 41.4 Å². The Labute approximate surface area is 179 Å². The zero-order valence-corrected chi connectivity index (χ0v) is 19.0. The van der Waals surface area contributed by atoms with Gasteiger partial charge in [-0.05, 0) is 43.6 Å². The molecule has 0 saturated carbocycles. The van der Waals surface area contributed by atoms with Gasteiger partial charge < -0.3 is 0 Å². The molecule has 0 atom stereocenters. The van der Waals surface area contributed by atoms with Crippen molar-refractivity contribution in [2.75, 3.05) is 13.1 Å². The Kier molecular flexibility index (Phi) is 7.23. The molecule has 3 aromatic rings. The average molecular weight is 430 g/mol. The summed E-state index contributed by atoms with van der Waals surface area (Å²) >= 11 is 0. The average Bonchev–Trinajstić information content (AvgIpc) is 3.03. The fourth-order valence-corrected chi connectivity index (χ4v) is 4.51. The first-order valence-corrected chi connectivity index (χ1v) is 11.9. The van der Waals surface area contributed by atoms with Crippen LogP contribution in [-0.2, 0) is 30.2 Å². The molecule has 0 amide bonds. The van der Waals surface area contributed by atoms with Gasteiger partial charge in [-0.1, -0.05) is 44.5 Å². The Morgan fingerprint density at radius 1 is 1.17 bits per heavy atom. The summed E-state index contributed by atoms with van der Waals surface area (Å²) in [6, 6.07) is 9.73. The van der Waals surface area contributed by atoms with E-state index in [-0.39, 0.29) is 11.4 Å². The molecule has 0 aliphatic heterocycles. The van der Waals surface area contributed by atoms with Crippen molar-refractivity contribution in [3.63, 3.8) is 0 Å². The summed E-state index contributed by atoms with van der Waals surface area (Å²) in [6.07, 6.45) is 3.74. The van der Waals surface area contributed by atoms with E-state index in [4.69, 9.17) is 0 Å². The van der Waals surface area contributed by atoms with E-state index in [1.165, 1.54) is 24.6 Å². The smallest absolute Gasteiger partial charge is 0.242 e. The first-order valence-electron chi connectivity index (χ1n) is 10.4. The van der Waals surface area contributed by atoms with E-state index >= 15 is 0 Å². The lowest BCUT2D eigenvalue weighted by Gasteiger charge is -2.20. The highest BCUT2D eigenvalue weighted by Gasteiger charge is 2.17. The number of unbranched alkanes of at least 4 members (excludes halogenated alkanes) is 1. The summed E-state index contributed by atoms with van der Waals surface area (Å²) in [5, 5.41) is 5.05. The zero-order chi connectivity index (χ0) is 21.7. The predicted octanol–water partition coefficient (Wildman–Crippen LogP) is 3.38. The zero-order valence-electron chi connectivity index (χ0n) is 18.2. The van der Waals surface area contributed by atoms with Crippen LogP contribution in [0.1, 0.15) is 43.5 Å². The molecule has 1 aromatic carbocycles. The molecule has 1 N–H and O–H groups in total. The van der Waals surface area contributed by atoms with Crippen molar-refractivity contribution in [3.8, 4) is 0 Å². The van der Waals surface area contributed by atoms with Gasteiger partial charge in [0.15, 0.2) is 5.65 Å². The molecule has 8 heteroatoms. The van der Waals surface area contributed by atoms with Crippen LogP contribution in [0.25, 0.3) is 11.0 Å². The molecule has 0 aliphatic rings. The molecule has 162 valence electrons. The topological polar surface area (TPSA) is 80.1 Å². The minimum Gasteiger partial charge on any atom is -0.299 e. The maximum Gasteiger partial charge on any atom is 0.242 e. The van der Waals surface area contributed by atoms with Gasteiger partial charge in [0.05, 0.1) is 5.69 Å². The number of hydrogen-bond acceptors (Lipinski definition) is 5. The van der Waals surface area contributed by atoms with Crippen molar-refractivity contribution in [2.45, 2.75) is 51.6 Å². The number of nitrogens with zero attached hydrogens (tertiary/aromatic N) is 4. The molecule has 2 heterocycles. The van der Waals surface area contributed by atoms with Crippen molar-refractivity contribution < 1.29 is 8.42 Å². The number of benzene rings is 1. The fourth-order valence-electron chi connectivity index (χ4n) is 3.52. The highest BCUT2D eigenvalue weighted by Crippen LogP contribution is 2.19. The third kappa shape index (κ3) is 5.24. The number of nitrogens with one attached hydrogen (secondary N) is 1. The summed E-state index contributed by atoms with van der Waals surface area (Å²) < 4.78 is 30.0. The van der Waals surface area contributed by atoms with Crippen LogP contribution >= 0.6 is 0 Å². The molecule has 0 bridgehead atoms. The molecule has 30 heavy (non-hydrogen) atoms. The lowest BCUT2D eigenvalue weighted by atomic mass is 10.1. The molecule has 0 radical (unpaired) electrons. The van der Waals surface area contributed by atoms with Gasteiger partial charge in [-0.3, -0.25) is 9.58 Å². The van der Waals surface area contributed by atoms with Crippen LogP contribution in [0.3, 0.4) is 0 Å². The highest BCUT2D eigenvalue weighted by molar-refractivity contribution is 7.89. The van der Waals surface area contributed by atoms with Crippen molar-refractivity contribution in [3.05, 3.63) is 53.3 Å². The third-order valence-electron chi connectivity index (χ3n) is 5.29. The number of rotatable bonds is 10. The van der Waals surface area contributed by atoms with E-state index in [9.17, 15) is 8.42 Å². The van der Waals surface area contributed by atoms with Crippen LogP contribution in [-0.4, -0.2) is 41.2 Å². The first kappa shape index (κ1) is 22.4. The SMILES string of the molecule is CCCCN(CC)Cc1cccc(CNS(=O)(=O)c2cnc3c(c2)c(C)nn3C)c1. The minimum atomic E-state index is -3.67. The van der Waals surface area contributed by atoms with Crippen LogP contribution in [0.2, 0.25) is 0 Å². The summed E-state index contributed by atoms with van der Waals surface area (Å²) in [4.78, 5) is 6.84. The largest absolute Gasteiger partial charge is 0.299 e. The summed E-state index contributed by atoms with van der Waals surface area (Å²) in [5.41, 5.74) is 3.56. The molecular weight excluding hydrogens is 398 g/mol. The van der Waals surface area contributed by atoms with Gasteiger partial charge in [-0.2, -0.15) is 5.10 Å². The van der Waals surface area contributed by atoms with Crippen molar-refractivity contribution in [2.24, 2.45) is 7.05 Å². The Morgan fingerprint density at radius 3 is 2.67 bits per heavy atom. The van der Waals surface area contributed by atoms with Crippen LogP contribution in [0, 0.1) is 6.92 Å². The molecule has 0 fully saturated rings. The van der Waals surface area contributed by atoms with Crippen molar-refractivity contribution >= 4 is 21.1 Å². The number of aromatic nitrogens is 3. The first-order chi connectivity index (χ1) is 14.3. The molecule has 3 rings (SSSR count). The Hall–Kier alpha value is -2.29. The van der Waals surface area contributed by atoms with Gasteiger partial charge >= 0.3 is 0 Å². The van der Waals surface area contributed by atoms with E-state index in [2.05, 4.69) is 45.7 Å². The maximum atomic E-state index is 12.8. The standard InChI is InChI=1S/C22H31N5O2S/c1-5-7-11-27(6-2)16-19-10-8-9-18(12-19)14-24-30(28,29)20-13-21-17(3)25-26(4)22(21)23-15-20/h8-10,12-13,15,24H,5-7,11,14,16H2,1-4H3. The molecule has 0 spiro atoms. The monoisotopic (exact) mass is 429 g/mol. The van der Waals surface area contributed by atoms with Gasteiger partial charge in [-0.15, -0.1) is 0 Å². The highest BCUT2D eigenvalue weighted by atomic mass is 32.2. The van der Waals surface area contributed by atoms with Gasteiger partial charge in [0.1, 0.15) is 4.90 Å². The fraction of sp³-hybridized carbons (Fsp3) is 0.455. The third-order valence-corrected chi connectivity index (χ3v) is 6.66. The molecular formula is C22H31N5O2S. The Morgan fingerprint density at radius 2 is 1.93 bits per heavy atom. The predicted molar refractivity (Wildman–Crippen MR) is 120 cm³/mol. The van der Waals surface area contributed by atoms with Gasteiger partial charge in [0.2, 0.25) is 10.0 Å². The van der Waals surface area contributed by atoms with E-state index in [1.54, 1.807) is 17.8 Å². The lowest BCUT2D eigenvalue weighted by Crippen LogP contribution is -2.25. The number of pyridine rings is 1. The van der Waals surface area contributed by atoms with E-state index in [1.807, 2.05) is 19.1 Å².